The number of rotatable bonds is 3. The summed E-state index contributed by atoms with van der Waals surface area (Å²) >= 11 is 0. The summed E-state index contributed by atoms with van der Waals surface area (Å²) in [6, 6.07) is 8.25. The number of fused-ring (bicyclic) bond motifs is 1. The molecule has 1 N–H and O–H groups in total. The van der Waals surface area contributed by atoms with Crippen molar-refractivity contribution in [3.63, 3.8) is 0 Å². The predicted octanol–water partition coefficient (Wildman–Crippen LogP) is 3.47. The monoisotopic (exact) mass is 232 g/mol. The summed E-state index contributed by atoms with van der Waals surface area (Å²) in [5.41, 5.74) is 0. The Balaban J connectivity index is 1.92. The third-order valence-electron chi connectivity index (χ3n) is 3.09. The predicted molar refractivity (Wildman–Crippen MR) is 63.8 cm³/mol. The minimum absolute atomic E-state index is 0.316. The summed E-state index contributed by atoms with van der Waals surface area (Å²) in [4.78, 5) is 0. The molecule has 0 amide bonds. The highest BCUT2D eigenvalue weighted by atomic mass is 19.1. The van der Waals surface area contributed by atoms with Gasteiger partial charge in [0.15, 0.2) is 11.6 Å². The van der Waals surface area contributed by atoms with Gasteiger partial charge in [-0.3, -0.25) is 0 Å². The molecule has 0 spiro atoms. The molecule has 2 nitrogen and oxygen atoms in total. The molecule has 88 valence electrons. The fourth-order valence-electron chi connectivity index (χ4n) is 1.85. The second-order valence-electron chi connectivity index (χ2n) is 4.54. The molecule has 17 heavy (non-hydrogen) atoms. The molecule has 0 saturated heterocycles. The lowest BCUT2D eigenvalue weighted by atomic mass is 10.1. The summed E-state index contributed by atoms with van der Waals surface area (Å²) in [7, 11) is 0. The molecule has 1 saturated carbocycles. The molecule has 1 aliphatic rings. The standard InChI is InChI=1S/C14H13FO2/c15-14-12-5-4-11(17-8-9-1-2-9)7-10(12)3-6-13(14)16/h3-7,9,16H,1-2,8H2. The summed E-state index contributed by atoms with van der Waals surface area (Å²) in [5.74, 6) is 0.567. The maximum absolute atomic E-state index is 13.6. The molecule has 0 atom stereocenters. The van der Waals surface area contributed by atoms with E-state index in [1.165, 1.54) is 18.9 Å². The van der Waals surface area contributed by atoms with Crippen LogP contribution in [0.2, 0.25) is 0 Å². The Labute approximate surface area is 98.6 Å². The van der Waals surface area contributed by atoms with Gasteiger partial charge in [0, 0.05) is 5.39 Å². The first-order valence-corrected chi connectivity index (χ1v) is 5.78. The Morgan fingerprint density at radius 1 is 1.24 bits per heavy atom. The van der Waals surface area contributed by atoms with Crippen LogP contribution in [0.1, 0.15) is 12.8 Å². The molecule has 0 aliphatic heterocycles. The lowest BCUT2D eigenvalue weighted by Gasteiger charge is -2.07. The van der Waals surface area contributed by atoms with Crippen LogP contribution >= 0.6 is 0 Å². The highest BCUT2D eigenvalue weighted by Crippen LogP contribution is 2.31. The van der Waals surface area contributed by atoms with E-state index in [9.17, 15) is 9.50 Å². The normalized spacial score (nSPS) is 15.1. The lowest BCUT2D eigenvalue weighted by Crippen LogP contribution is -1.98. The van der Waals surface area contributed by atoms with Crippen LogP contribution in [0.4, 0.5) is 4.39 Å². The molecule has 0 heterocycles. The van der Waals surface area contributed by atoms with E-state index in [0.29, 0.717) is 11.3 Å². The molecule has 3 heteroatoms. The average Bonchev–Trinajstić information content (AvgIpc) is 3.15. The van der Waals surface area contributed by atoms with Gasteiger partial charge >= 0.3 is 0 Å². The minimum atomic E-state index is -0.573. The van der Waals surface area contributed by atoms with Gasteiger partial charge in [0.05, 0.1) is 6.61 Å². The molecular formula is C14H13FO2. The van der Waals surface area contributed by atoms with E-state index in [2.05, 4.69) is 0 Å². The maximum atomic E-state index is 13.6. The number of phenols is 1. The Hall–Kier alpha value is -1.77. The summed E-state index contributed by atoms with van der Waals surface area (Å²) in [5, 5.41) is 10.4. The third kappa shape index (κ3) is 2.05. The van der Waals surface area contributed by atoms with Gasteiger partial charge < -0.3 is 9.84 Å². The van der Waals surface area contributed by atoms with Crippen molar-refractivity contribution in [1.82, 2.24) is 0 Å². The first-order chi connectivity index (χ1) is 8.24. The Morgan fingerprint density at radius 3 is 2.82 bits per heavy atom. The van der Waals surface area contributed by atoms with E-state index in [1.807, 2.05) is 0 Å². The topological polar surface area (TPSA) is 29.5 Å². The number of aromatic hydroxyl groups is 1. The van der Waals surface area contributed by atoms with E-state index in [4.69, 9.17) is 4.74 Å². The summed E-state index contributed by atoms with van der Waals surface area (Å²) in [6.45, 7) is 0.742. The SMILES string of the molecule is Oc1ccc2cc(OCC3CC3)ccc2c1F. The minimum Gasteiger partial charge on any atom is -0.505 e. The quantitative estimate of drug-likeness (QED) is 0.878. The molecular weight excluding hydrogens is 219 g/mol. The lowest BCUT2D eigenvalue weighted by molar-refractivity contribution is 0.300. The number of phenolic OH excluding ortho intramolecular Hbond substituents is 1. The number of hydrogen-bond donors (Lipinski definition) is 1. The second-order valence-corrected chi connectivity index (χ2v) is 4.54. The van der Waals surface area contributed by atoms with Gasteiger partial charge in [-0.15, -0.1) is 0 Å². The van der Waals surface area contributed by atoms with Gasteiger partial charge in [-0.1, -0.05) is 6.07 Å². The zero-order chi connectivity index (χ0) is 11.8. The molecule has 0 aromatic heterocycles. The molecule has 3 rings (SSSR count). The van der Waals surface area contributed by atoms with Crippen molar-refractivity contribution in [3.8, 4) is 11.5 Å². The average molecular weight is 232 g/mol. The molecule has 0 unspecified atom stereocenters. The largest absolute Gasteiger partial charge is 0.505 e. The highest BCUT2D eigenvalue weighted by molar-refractivity contribution is 5.85. The third-order valence-corrected chi connectivity index (χ3v) is 3.09. The van der Waals surface area contributed by atoms with Crippen LogP contribution in [0.15, 0.2) is 30.3 Å². The first-order valence-electron chi connectivity index (χ1n) is 5.78. The van der Waals surface area contributed by atoms with E-state index < -0.39 is 5.82 Å². The summed E-state index contributed by atoms with van der Waals surface area (Å²) < 4.78 is 19.2. The van der Waals surface area contributed by atoms with Crippen LogP contribution in [-0.4, -0.2) is 11.7 Å². The number of hydrogen-bond acceptors (Lipinski definition) is 2. The van der Waals surface area contributed by atoms with Gasteiger partial charge in [0.2, 0.25) is 0 Å². The number of halogens is 1. The van der Waals surface area contributed by atoms with Crippen LogP contribution in [0.5, 0.6) is 11.5 Å². The van der Waals surface area contributed by atoms with Crippen LogP contribution in [0.3, 0.4) is 0 Å². The highest BCUT2D eigenvalue weighted by Gasteiger charge is 2.21. The van der Waals surface area contributed by atoms with Crippen molar-refractivity contribution in [2.75, 3.05) is 6.61 Å². The van der Waals surface area contributed by atoms with Crippen molar-refractivity contribution in [2.24, 2.45) is 5.92 Å². The van der Waals surface area contributed by atoms with Crippen LogP contribution in [-0.2, 0) is 0 Å². The fraction of sp³-hybridized carbons (Fsp3) is 0.286. The summed E-state index contributed by atoms with van der Waals surface area (Å²) in [6.07, 6.45) is 2.49. The molecule has 1 aliphatic carbocycles. The van der Waals surface area contributed by atoms with Crippen molar-refractivity contribution < 1.29 is 14.2 Å². The van der Waals surface area contributed by atoms with E-state index >= 15 is 0 Å². The molecule has 2 aromatic rings. The van der Waals surface area contributed by atoms with Crippen molar-refractivity contribution >= 4 is 10.8 Å². The van der Waals surface area contributed by atoms with E-state index in [-0.39, 0.29) is 5.75 Å². The van der Waals surface area contributed by atoms with Gasteiger partial charge in [-0.2, -0.15) is 0 Å². The maximum Gasteiger partial charge on any atom is 0.172 e. The Morgan fingerprint density at radius 2 is 2.06 bits per heavy atom. The van der Waals surface area contributed by atoms with Crippen LogP contribution in [0, 0.1) is 11.7 Å². The molecule has 2 aromatic carbocycles. The zero-order valence-electron chi connectivity index (χ0n) is 9.32. The van der Waals surface area contributed by atoms with E-state index in [0.717, 1.165) is 17.7 Å². The van der Waals surface area contributed by atoms with E-state index in [1.54, 1.807) is 24.3 Å². The van der Waals surface area contributed by atoms with Gasteiger partial charge in [0.25, 0.3) is 0 Å². The second kappa shape index (κ2) is 3.91. The number of benzene rings is 2. The van der Waals surface area contributed by atoms with Gasteiger partial charge in [0.1, 0.15) is 5.75 Å². The molecule has 0 bridgehead atoms. The fourth-order valence-corrected chi connectivity index (χ4v) is 1.85. The van der Waals surface area contributed by atoms with Crippen LogP contribution < -0.4 is 4.74 Å². The Bertz CT molecular complexity index is 561. The zero-order valence-corrected chi connectivity index (χ0v) is 9.32. The van der Waals surface area contributed by atoms with Gasteiger partial charge in [-0.25, -0.2) is 4.39 Å². The van der Waals surface area contributed by atoms with Crippen molar-refractivity contribution in [3.05, 3.63) is 36.1 Å². The number of ether oxygens (including phenoxy) is 1. The van der Waals surface area contributed by atoms with Crippen LogP contribution in [0.25, 0.3) is 10.8 Å². The van der Waals surface area contributed by atoms with Crippen molar-refractivity contribution in [2.45, 2.75) is 12.8 Å². The molecule has 1 fully saturated rings. The van der Waals surface area contributed by atoms with Gasteiger partial charge in [-0.05, 0) is 48.4 Å². The Kier molecular flexibility index (Phi) is 2.39. The first kappa shape index (κ1) is 10.4. The smallest absolute Gasteiger partial charge is 0.172 e. The molecule has 0 radical (unpaired) electrons. The van der Waals surface area contributed by atoms with Crippen molar-refractivity contribution in [1.29, 1.82) is 0 Å².